The molecule has 0 saturated carbocycles. The van der Waals surface area contributed by atoms with Crippen LogP contribution < -0.4 is 11.3 Å². The summed E-state index contributed by atoms with van der Waals surface area (Å²) >= 11 is 1.72. The van der Waals surface area contributed by atoms with Crippen molar-refractivity contribution in [3.8, 4) is 0 Å². The lowest BCUT2D eigenvalue weighted by Crippen LogP contribution is -2.30. The second-order valence-electron chi connectivity index (χ2n) is 4.25. The van der Waals surface area contributed by atoms with Crippen molar-refractivity contribution in [1.82, 2.24) is 20.4 Å². The quantitative estimate of drug-likeness (QED) is 0.480. The molecule has 1 aromatic carbocycles. The Morgan fingerprint density at radius 3 is 2.68 bits per heavy atom. The van der Waals surface area contributed by atoms with Gasteiger partial charge in [0, 0.05) is 11.4 Å². The Hall–Kier alpha value is -1.37. The standard InChI is InChI=1S/C13H19N5S/c1-3-8-18-12(9-15-17-18)13(16-14)10-4-6-11(19-2)7-5-10/h4-7,9,13,16H,3,8,14H2,1-2H3. The fraction of sp³-hybridized carbons (Fsp3) is 0.385. The average molecular weight is 277 g/mol. The van der Waals surface area contributed by atoms with E-state index in [0.29, 0.717) is 0 Å². The lowest BCUT2D eigenvalue weighted by atomic mass is 10.0. The number of nitrogens with zero attached hydrogens (tertiary/aromatic N) is 3. The van der Waals surface area contributed by atoms with E-state index in [4.69, 9.17) is 5.84 Å². The first-order chi connectivity index (χ1) is 9.30. The second kappa shape index (κ2) is 6.70. The van der Waals surface area contributed by atoms with Crippen molar-refractivity contribution in [1.29, 1.82) is 0 Å². The third kappa shape index (κ3) is 3.15. The predicted octanol–water partition coefficient (Wildman–Crippen LogP) is 1.96. The van der Waals surface area contributed by atoms with Crippen molar-refractivity contribution in [2.24, 2.45) is 5.84 Å². The molecule has 2 rings (SSSR count). The number of hydrazine groups is 1. The summed E-state index contributed by atoms with van der Waals surface area (Å²) in [6.45, 7) is 2.96. The molecule has 0 amide bonds. The van der Waals surface area contributed by atoms with Crippen LogP contribution in [0.5, 0.6) is 0 Å². The zero-order chi connectivity index (χ0) is 13.7. The van der Waals surface area contributed by atoms with Gasteiger partial charge in [0.2, 0.25) is 0 Å². The van der Waals surface area contributed by atoms with Crippen molar-refractivity contribution in [2.75, 3.05) is 6.26 Å². The van der Waals surface area contributed by atoms with Gasteiger partial charge in [-0.1, -0.05) is 24.3 Å². The molecule has 0 spiro atoms. The van der Waals surface area contributed by atoms with E-state index < -0.39 is 0 Å². The van der Waals surface area contributed by atoms with Crippen LogP contribution >= 0.6 is 11.8 Å². The minimum Gasteiger partial charge on any atom is -0.271 e. The number of nitrogens with one attached hydrogen (secondary N) is 1. The Morgan fingerprint density at radius 2 is 2.11 bits per heavy atom. The minimum atomic E-state index is -0.0857. The smallest absolute Gasteiger partial charge is 0.0894 e. The Bertz CT molecular complexity index is 508. The summed E-state index contributed by atoms with van der Waals surface area (Å²) in [5, 5.41) is 8.08. The average Bonchev–Trinajstić information content (AvgIpc) is 2.89. The number of hydrogen-bond donors (Lipinski definition) is 2. The molecule has 19 heavy (non-hydrogen) atoms. The van der Waals surface area contributed by atoms with Crippen LogP contribution in [0.4, 0.5) is 0 Å². The van der Waals surface area contributed by atoms with Gasteiger partial charge in [0.25, 0.3) is 0 Å². The van der Waals surface area contributed by atoms with Gasteiger partial charge in [-0.05, 0) is 30.4 Å². The van der Waals surface area contributed by atoms with E-state index >= 15 is 0 Å². The highest BCUT2D eigenvalue weighted by molar-refractivity contribution is 7.98. The van der Waals surface area contributed by atoms with Crippen molar-refractivity contribution in [3.63, 3.8) is 0 Å². The lowest BCUT2D eigenvalue weighted by molar-refractivity contribution is 0.512. The molecular formula is C13H19N5S. The molecule has 1 aromatic heterocycles. The summed E-state index contributed by atoms with van der Waals surface area (Å²) in [5.41, 5.74) is 4.95. The predicted molar refractivity (Wildman–Crippen MR) is 77.7 cm³/mol. The normalized spacial score (nSPS) is 12.6. The van der Waals surface area contributed by atoms with Crippen LogP contribution in [-0.4, -0.2) is 21.2 Å². The largest absolute Gasteiger partial charge is 0.271 e. The summed E-state index contributed by atoms with van der Waals surface area (Å²) in [6, 6.07) is 8.27. The van der Waals surface area contributed by atoms with Crippen LogP contribution in [0.1, 0.15) is 30.6 Å². The number of nitrogens with two attached hydrogens (primary N) is 1. The van der Waals surface area contributed by atoms with Gasteiger partial charge in [-0.25, -0.2) is 10.1 Å². The highest BCUT2D eigenvalue weighted by Gasteiger charge is 2.17. The molecule has 0 radical (unpaired) electrons. The molecule has 1 heterocycles. The maximum Gasteiger partial charge on any atom is 0.0894 e. The van der Waals surface area contributed by atoms with Gasteiger partial charge in [-0.15, -0.1) is 16.9 Å². The molecule has 0 bridgehead atoms. The Kier molecular flexibility index (Phi) is 4.95. The van der Waals surface area contributed by atoms with Gasteiger partial charge >= 0.3 is 0 Å². The van der Waals surface area contributed by atoms with Crippen molar-refractivity contribution >= 4 is 11.8 Å². The first-order valence-electron chi connectivity index (χ1n) is 6.28. The Morgan fingerprint density at radius 1 is 1.37 bits per heavy atom. The van der Waals surface area contributed by atoms with Gasteiger partial charge in [0.15, 0.2) is 0 Å². The fourth-order valence-electron chi connectivity index (χ4n) is 2.02. The highest BCUT2D eigenvalue weighted by Crippen LogP contribution is 2.23. The zero-order valence-corrected chi connectivity index (χ0v) is 12.0. The van der Waals surface area contributed by atoms with E-state index in [2.05, 4.69) is 53.2 Å². The maximum atomic E-state index is 5.71. The van der Waals surface area contributed by atoms with Crippen molar-refractivity contribution in [2.45, 2.75) is 30.8 Å². The highest BCUT2D eigenvalue weighted by atomic mass is 32.2. The van der Waals surface area contributed by atoms with E-state index in [9.17, 15) is 0 Å². The van der Waals surface area contributed by atoms with E-state index in [1.807, 2.05) is 4.68 Å². The number of aromatic nitrogens is 3. The van der Waals surface area contributed by atoms with Crippen LogP contribution in [0.25, 0.3) is 0 Å². The molecule has 1 atom stereocenters. The van der Waals surface area contributed by atoms with Gasteiger partial charge in [-0.2, -0.15) is 0 Å². The number of aryl methyl sites for hydroxylation is 1. The molecule has 0 fully saturated rings. The van der Waals surface area contributed by atoms with Crippen molar-refractivity contribution < 1.29 is 0 Å². The third-order valence-corrected chi connectivity index (χ3v) is 3.74. The first kappa shape index (κ1) is 14.0. The topological polar surface area (TPSA) is 68.8 Å². The molecule has 2 aromatic rings. The van der Waals surface area contributed by atoms with Gasteiger partial charge in [0.1, 0.15) is 0 Å². The summed E-state index contributed by atoms with van der Waals surface area (Å²) in [4.78, 5) is 1.24. The number of thioether (sulfide) groups is 1. The van der Waals surface area contributed by atoms with E-state index in [-0.39, 0.29) is 6.04 Å². The Balaban J connectivity index is 2.29. The molecule has 0 aliphatic rings. The fourth-order valence-corrected chi connectivity index (χ4v) is 2.43. The van der Waals surface area contributed by atoms with Crippen LogP contribution in [-0.2, 0) is 6.54 Å². The zero-order valence-electron chi connectivity index (χ0n) is 11.2. The van der Waals surface area contributed by atoms with Gasteiger partial charge in [0.05, 0.1) is 17.9 Å². The molecule has 0 aliphatic heterocycles. The minimum absolute atomic E-state index is 0.0857. The summed E-state index contributed by atoms with van der Waals surface area (Å²) in [7, 11) is 0. The number of hydrogen-bond acceptors (Lipinski definition) is 5. The van der Waals surface area contributed by atoms with Crippen LogP contribution in [0, 0.1) is 0 Å². The summed E-state index contributed by atoms with van der Waals surface area (Å²) in [5.74, 6) is 5.71. The van der Waals surface area contributed by atoms with Crippen LogP contribution in [0.3, 0.4) is 0 Å². The van der Waals surface area contributed by atoms with Gasteiger partial charge in [-0.3, -0.25) is 5.84 Å². The summed E-state index contributed by atoms with van der Waals surface area (Å²) < 4.78 is 1.90. The lowest BCUT2D eigenvalue weighted by Gasteiger charge is -2.17. The van der Waals surface area contributed by atoms with Crippen LogP contribution in [0.15, 0.2) is 35.4 Å². The first-order valence-corrected chi connectivity index (χ1v) is 7.51. The third-order valence-electron chi connectivity index (χ3n) is 2.99. The maximum absolute atomic E-state index is 5.71. The Labute approximate surface area is 117 Å². The van der Waals surface area contributed by atoms with E-state index in [1.54, 1.807) is 18.0 Å². The molecule has 0 aliphatic carbocycles. The molecule has 1 unspecified atom stereocenters. The van der Waals surface area contributed by atoms with E-state index in [0.717, 1.165) is 24.2 Å². The van der Waals surface area contributed by atoms with Crippen molar-refractivity contribution in [3.05, 3.63) is 41.7 Å². The molecule has 3 N–H and O–H groups in total. The molecule has 102 valence electrons. The molecule has 6 heteroatoms. The van der Waals surface area contributed by atoms with E-state index in [1.165, 1.54) is 4.90 Å². The van der Waals surface area contributed by atoms with Crippen LogP contribution in [0.2, 0.25) is 0 Å². The molecule has 0 saturated heterocycles. The number of benzene rings is 1. The monoisotopic (exact) mass is 277 g/mol. The second-order valence-corrected chi connectivity index (χ2v) is 5.13. The summed E-state index contributed by atoms with van der Waals surface area (Å²) in [6.07, 6.45) is 4.84. The SMILES string of the molecule is CCCn1nncc1C(NN)c1ccc(SC)cc1. The molecule has 5 nitrogen and oxygen atoms in total. The molecular weight excluding hydrogens is 258 g/mol. The van der Waals surface area contributed by atoms with Gasteiger partial charge < -0.3 is 0 Å². The number of rotatable bonds is 6.